The molecule has 2 aromatic heterocycles. The van der Waals surface area contributed by atoms with E-state index in [0.29, 0.717) is 5.95 Å². The lowest BCUT2D eigenvalue weighted by atomic mass is 10.4. The van der Waals surface area contributed by atoms with E-state index in [9.17, 15) is 0 Å². The molecular weight excluding hydrogens is 346 g/mol. The minimum atomic E-state index is 0.685. The molecule has 0 saturated carbocycles. The molecule has 2 heterocycles. The number of benzene rings is 2. The van der Waals surface area contributed by atoms with Gasteiger partial charge in [-0.3, -0.25) is 4.57 Å². The van der Waals surface area contributed by atoms with Crippen molar-refractivity contribution in [2.24, 2.45) is 0 Å². The van der Waals surface area contributed by atoms with Crippen molar-refractivity contribution in [2.75, 3.05) is 0 Å². The molecule has 0 amide bonds. The maximum atomic E-state index is 4.45. The lowest BCUT2D eigenvalue weighted by Crippen LogP contribution is -2.02. The fourth-order valence-electron chi connectivity index (χ4n) is 2.38. The lowest BCUT2D eigenvalue weighted by Gasteiger charge is -2.11. The molecule has 3 nitrogen and oxygen atoms in total. The van der Waals surface area contributed by atoms with Crippen LogP contribution < -0.4 is 0 Å². The van der Waals surface area contributed by atoms with E-state index in [2.05, 4.69) is 50.9 Å². The van der Waals surface area contributed by atoms with Gasteiger partial charge in [-0.1, -0.05) is 59.9 Å². The minimum Gasteiger partial charge on any atom is -0.267 e. The molecule has 0 aliphatic carbocycles. The fraction of sp³-hybridized carbons (Fsp3) is 0. The highest BCUT2D eigenvalue weighted by Gasteiger charge is 2.14. The Hall–Kier alpha value is -2.50. The number of hydrogen-bond acceptors (Lipinski definition) is 4. The SMILES string of the molecule is c1ccc(Sc2ccc(Sc3ccccc3)n2-c2ncccn2)cc1. The van der Waals surface area contributed by atoms with E-state index in [4.69, 9.17) is 0 Å². The number of aromatic nitrogens is 3. The first kappa shape index (κ1) is 16.0. The van der Waals surface area contributed by atoms with Crippen LogP contribution in [0.5, 0.6) is 0 Å². The predicted octanol–water partition coefficient (Wildman–Crippen LogP) is 5.57. The molecule has 0 radical (unpaired) electrons. The molecule has 0 aliphatic heterocycles. The third kappa shape index (κ3) is 3.78. The summed E-state index contributed by atoms with van der Waals surface area (Å²) in [6.45, 7) is 0. The number of nitrogens with zero attached hydrogens (tertiary/aromatic N) is 3. The Morgan fingerprint density at radius 3 is 1.52 bits per heavy atom. The van der Waals surface area contributed by atoms with Crippen LogP contribution in [0.1, 0.15) is 0 Å². The van der Waals surface area contributed by atoms with Crippen LogP contribution in [0.3, 0.4) is 0 Å². The van der Waals surface area contributed by atoms with Gasteiger partial charge in [-0.05, 0) is 42.5 Å². The van der Waals surface area contributed by atoms with Gasteiger partial charge in [0.1, 0.15) is 0 Å². The molecular formula is C20H15N3S2. The topological polar surface area (TPSA) is 30.7 Å². The molecule has 0 spiro atoms. The Morgan fingerprint density at radius 1 is 0.560 bits per heavy atom. The van der Waals surface area contributed by atoms with Crippen molar-refractivity contribution in [3.05, 3.63) is 91.3 Å². The monoisotopic (exact) mass is 361 g/mol. The molecule has 5 heteroatoms. The molecule has 0 bridgehead atoms. The fourth-order valence-corrected chi connectivity index (χ4v) is 4.32. The first-order chi connectivity index (χ1) is 12.4. The van der Waals surface area contributed by atoms with E-state index in [-0.39, 0.29) is 0 Å². The predicted molar refractivity (Wildman–Crippen MR) is 102 cm³/mol. The van der Waals surface area contributed by atoms with Crippen LogP contribution in [-0.2, 0) is 0 Å². The zero-order chi connectivity index (χ0) is 16.9. The first-order valence-corrected chi connectivity index (χ1v) is 9.48. The highest BCUT2D eigenvalue weighted by molar-refractivity contribution is 8.00. The molecule has 0 atom stereocenters. The first-order valence-electron chi connectivity index (χ1n) is 7.85. The van der Waals surface area contributed by atoms with Crippen LogP contribution in [0.15, 0.2) is 111 Å². The molecule has 0 unspecified atom stereocenters. The zero-order valence-corrected chi connectivity index (χ0v) is 15.0. The second-order valence-corrected chi connectivity index (χ2v) is 7.41. The Morgan fingerprint density at radius 2 is 1.04 bits per heavy atom. The van der Waals surface area contributed by atoms with E-state index in [1.165, 1.54) is 9.79 Å². The van der Waals surface area contributed by atoms with E-state index in [0.717, 1.165) is 10.1 Å². The molecule has 0 aliphatic rings. The number of hydrogen-bond donors (Lipinski definition) is 0. The van der Waals surface area contributed by atoms with E-state index in [1.807, 2.05) is 42.5 Å². The molecule has 122 valence electrons. The third-order valence-corrected chi connectivity index (χ3v) is 5.56. The van der Waals surface area contributed by atoms with E-state index < -0.39 is 0 Å². The molecule has 2 aromatic carbocycles. The summed E-state index contributed by atoms with van der Waals surface area (Å²) < 4.78 is 2.11. The zero-order valence-electron chi connectivity index (χ0n) is 13.3. The Labute approximate surface area is 155 Å². The van der Waals surface area contributed by atoms with Gasteiger partial charge in [-0.25, -0.2) is 9.97 Å². The van der Waals surface area contributed by atoms with E-state index in [1.54, 1.807) is 35.9 Å². The molecule has 0 saturated heterocycles. The summed E-state index contributed by atoms with van der Waals surface area (Å²) in [5.41, 5.74) is 0. The summed E-state index contributed by atoms with van der Waals surface area (Å²) in [6, 6.07) is 26.8. The summed E-state index contributed by atoms with van der Waals surface area (Å²) in [7, 11) is 0. The average molecular weight is 361 g/mol. The van der Waals surface area contributed by atoms with E-state index >= 15 is 0 Å². The minimum absolute atomic E-state index is 0.685. The van der Waals surface area contributed by atoms with Crippen LogP contribution in [0, 0.1) is 0 Å². The van der Waals surface area contributed by atoms with Crippen molar-refractivity contribution in [1.82, 2.24) is 14.5 Å². The van der Waals surface area contributed by atoms with Crippen molar-refractivity contribution >= 4 is 23.5 Å². The van der Waals surface area contributed by atoms with Gasteiger partial charge in [0, 0.05) is 22.2 Å². The Bertz CT molecular complexity index is 880. The summed E-state index contributed by atoms with van der Waals surface area (Å²) in [6.07, 6.45) is 3.55. The van der Waals surface area contributed by atoms with Crippen LogP contribution >= 0.6 is 23.5 Å². The highest BCUT2D eigenvalue weighted by atomic mass is 32.2. The van der Waals surface area contributed by atoms with Crippen molar-refractivity contribution in [2.45, 2.75) is 19.8 Å². The second-order valence-electron chi connectivity index (χ2n) is 5.22. The lowest BCUT2D eigenvalue weighted by molar-refractivity contribution is 0.793. The molecule has 4 rings (SSSR count). The summed E-state index contributed by atoms with van der Waals surface area (Å²) in [5, 5.41) is 2.19. The largest absolute Gasteiger partial charge is 0.267 e. The maximum Gasteiger partial charge on any atom is 0.235 e. The normalized spacial score (nSPS) is 10.7. The van der Waals surface area contributed by atoms with Crippen molar-refractivity contribution < 1.29 is 0 Å². The van der Waals surface area contributed by atoms with Crippen LogP contribution in [-0.4, -0.2) is 14.5 Å². The van der Waals surface area contributed by atoms with Gasteiger partial charge in [0.15, 0.2) is 0 Å². The Balaban J connectivity index is 1.74. The third-order valence-electron chi connectivity index (χ3n) is 3.49. The molecule has 4 aromatic rings. The number of rotatable bonds is 5. The highest BCUT2D eigenvalue weighted by Crippen LogP contribution is 2.36. The Kier molecular flexibility index (Phi) is 4.86. The van der Waals surface area contributed by atoms with Gasteiger partial charge >= 0.3 is 0 Å². The van der Waals surface area contributed by atoms with Crippen molar-refractivity contribution in [1.29, 1.82) is 0 Å². The summed E-state index contributed by atoms with van der Waals surface area (Å²) in [4.78, 5) is 11.3. The quantitative estimate of drug-likeness (QED) is 0.465. The van der Waals surface area contributed by atoms with Gasteiger partial charge in [-0.2, -0.15) is 0 Å². The van der Waals surface area contributed by atoms with Gasteiger partial charge < -0.3 is 0 Å². The van der Waals surface area contributed by atoms with Gasteiger partial charge in [0.2, 0.25) is 5.95 Å². The molecule has 0 fully saturated rings. The van der Waals surface area contributed by atoms with Crippen molar-refractivity contribution in [3.8, 4) is 5.95 Å². The van der Waals surface area contributed by atoms with Gasteiger partial charge in [0.05, 0.1) is 10.1 Å². The van der Waals surface area contributed by atoms with Gasteiger partial charge in [-0.15, -0.1) is 0 Å². The van der Waals surface area contributed by atoms with Crippen LogP contribution in [0.25, 0.3) is 5.95 Å². The summed E-state index contributed by atoms with van der Waals surface area (Å²) in [5.74, 6) is 0.685. The smallest absolute Gasteiger partial charge is 0.235 e. The molecule has 0 N–H and O–H groups in total. The van der Waals surface area contributed by atoms with Crippen molar-refractivity contribution in [3.63, 3.8) is 0 Å². The van der Waals surface area contributed by atoms with Gasteiger partial charge in [0.25, 0.3) is 0 Å². The van der Waals surface area contributed by atoms with Crippen LogP contribution in [0.4, 0.5) is 0 Å². The van der Waals surface area contributed by atoms with Crippen LogP contribution in [0.2, 0.25) is 0 Å². The second kappa shape index (κ2) is 7.59. The summed E-state index contributed by atoms with van der Waals surface area (Å²) >= 11 is 3.42. The maximum absolute atomic E-state index is 4.45. The average Bonchev–Trinajstić information content (AvgIpc) is 3.06. The molecule has 25 heavy (non-hydrogen) atoms. The standard InChI is InChI=1S/C20H15N3S2/c1-3-8-16(9-4-1)24-18-12-13-19(25-17-10-5-2-6-11-17)23(18)20-21-14-7-15-22-20/h1-15H.